The molecule has 2 aromatic carbocycles. The van der Waals surface area contributed by atoms with E-state index in [-0.39, 0.29) is 5.84 Å². The lowest BCUT2D eigenvalue weighted by Crippen LogP contribution is -2.10. The third-order valence-electron chi connectivity index (χ3n) is 2.27. The number of amidine groups is 1. The van der Waals surface area contributed by atoms with E-state index in [1.165, 1.54) is 0 Å². The van der Waals surface area contributed by atoms with Crippen molar-refractivity contribution in [1.82, 2.24) is 0 Å². The van der Waals surface area contributed by atoms with Gasteiger partial charge in [-0.15, -0.1) is 0 Å². The van der Waals surface area contributed by atoms with Crippen LogP contribution >= 0.6 is 39.3 Å². The largest absolute Gasteiger partial charge is 0.384 e. The first-order valence-corrected chi connectivity index (χ1v) is 7.12. The fourth-order valence-corrected chi connectivity index (χ4v) is 3.13. The van der Waals surface area contributed by atoms with Crippen LogP contribution in [0.3, 0.4) is 0 Å². The summed E-state index contributed by atoms with van der Waals surface area (Å²) in [5.74, 6) is 0.0240. The normalized spacial score (nSPS) is 10.3. The zero-order valence-corrected chi connectivity index (χ0v) is 12.4. The summed E-state index contributed by atoms with van der Waals surface area (Å²) in [6.07, 6.45) is 0. The molecule has 2 aromatic rings. The van der Waals surface area contributed by atoms with Crippen LogP contribution < -0.4 is 5.73 Å². The van der Waals surface area contributed by atoms with Crippen LogP contribution in [0.4, 0.5) is 0 Å². The number of nitrogen functional groups attached to an aromatic ring is 1. The zero-order valence-electron chi connectivity index (χ0n) is 9.28. The van der Waals surface area contributed by atoms with E-state index in [9.17, 15) is 0 Å². The standard InChI is InChI=1S/C13H10BrClN2S/c14-9-2-1-3-10(7-9)18-12-5-4-8(13(16)17)6-11(12)15/h1-7H,(H3,16,17). The van der Waals surface area contributed by atoms with Crippen LogP contribution in [-0.2, 0) is 0 Å². The van der Waals surface area contributed by atoms with Crippen LogP contribution in [0.15, 0.2) is 56.7 Å². The van der Waals surface area contributed by atoms with E-state index in [1.807, 2.05) is 30.3 Å². The molecule has 0 saturated carbocycles. The molecule has 0 unspecified atom stereocenters. The van der Waals surface area contributed by atoms with Gasteiger partial charge in [0.25, 0.3) is 0 Å². The summed E-state index contributed by atoms with van der Waals surface area (Å²) >= 11 is 11.2. The average Bonchev–Trinajstić information content (AvgIpc) is 2.31. The van der Waals surface area contributed by atoms with Gasteiger partial charge in [0.15, 0.2) is 0 Å². The highest BCUT2D eigenvalue weighted by atomic mass is 79.9. The average molecular weight is 342 g/mol. The molecule has 3 N–H and O–H groups in total. The number of hydrogen-bond acceptors (Lipinski definition) is 2. The highest BCUT2D eigenvalue weighted by Gasteiger charge is 2.06. The summed E-state index contributed by atoms with van der Waals surface area (Å²) in [5.41, 5.74) is 6.05. The minimum atomic E-state index is 0.0240. The summed E-state index contributed by atoms with van der Waals surface area (Å²) in [5, 5.41) is 7.96. The molecule has 0 bridgehead atoms. The number of rotatable bonds is 3. The minimum Gasteiger partial charge on any atom is -0.384 e. The second-order valence-corrected chi connectivity index (χ2v) is 6.06. The smallest absolute Gasteiger partial charge is 0.122 e. The predicted octanol–water partition coefficient (Wildman–Crippen LogP) is 4.54. The molecule has 0 atom stereocenters. The van der Waals surface area contributed by atoms with Gasteiger partial charge in [0.05, 0.1) is 5.02 Å². The molecule has 2 nitrogen and oxygen atoms in total. The molecule has 0 aliphatic rings. The van der Waals surface area contributed by atoms with Crippen molar-refractivity contribution in [2.24, 2.45) is 5.73 Å². The quantitative estimate of drug-likeness (QED) is 0.636. The van der Waals surface area contributed by atoms with Crippen molar-refractivity contribution >= 4 is 45.1 Å². The van der Waals surface area contributed by atoms with E-state index in [0.29, 0.717) is 10.6 Å². The molecule has 0 amide bonds. The Hall–Kier alpha value is -0.970. The number of nitrogens with two attached hydrogens (primary N) is 1. The first kappa shape index (κ1) is 13.5. The van der Waals surface area contributed by atoms with Crippen LogP contribution in [0.25, 0.3) is 0 Å². The summed E-state index contributed by atoms with van der Waals surface area (Å²) in [7, 11) is 0. The lowest BCUT2D eigenvalue weighted by atomic mass is 10.2. The van der Waals surface area contributed by atoms with E-state index in [2.05, 4.69) is 15.9 Å². The van der Waals surface area contributed by atoms with E-state index < -0.39 is 0 Å². The molecule has 0 saturated heterocycles. The predicted molar refractivity (Wildman–Crippen MR) is 80.7 cm³/mol. The summed E-state index contributed by atoms with van der Waals surface area (Å²) < 4.78 is 1.03. The Balaban J connectivity index is 2.27. The first-order valence-electron chi connectivity index (χ1n) is 5.13. The summed E-state index contributed by atoms with van der Waals surface area (Å²) in [6.45, 7) is 0. The molecule has 0 radical (unpaired) electrons. The lowest BCUT2D eigenvalue weighted by Gasteiger charge is -2.06. The highest BCUT2D eigenvalue weighted by Crippen LogP contribution is 2.34. The zero-order chi connectivity index (χ0) is 13.1. The van der Waals surface area contributed by atoms with E-state index in [0.717, 1.165) is 14.3 Å². The van der Waals surface area contributed by atoms with E-state index >= 15 is 0 Å². The van der Waals surface area contributed by atoms with Crippen molar-refractivity contribution in [3.05, 3.63) is 57.5 Å². The van der Waals surface area contributed by atoms with Gasteiger partial charge < -0.3 is 5.73 Å². The van der Waals surface area contributed by atoms with Gasteiger partial charge in [-0.2, -0.15) is 0 Å². The van der Waals surface area contributed by atoms with Crippen molar-refractivity contribution in [2.75, 3.05) is 0 Å². The van der Waals surface area contributed by atoms with Gasteiger partial charge in [-0.25, -0.2) is 0 Å². The van der Waals surface area contributed by atoms with Gasteiger partial charge in [0.2, 0.25) is 0 Å². The summed E-state index contributed by atoms with van der Waals surface area (Å²) in [4.78, 5) is 2.04. The second-order valence-electron chi connectivity index (χ2n) is 3.62. The van der Waals surface area contributed by atoms with Crippen molar-refractivity contribution < 1.29 is 0 Å². The highest BCUT2D eigenvalue weighted by molar-refractivity contribution is 9.10. The maximum Gasteiger partial charge on any atom is 0.122 e. The van der Waals surface area contributed by atoms with Gasteiger partial charge in [0.1, 0.15) is 5.84 Å². The van der Waals surface area contributed by atoms with Crippen LogP contribution in [0.5, 0.6) is 0 Å². The van der Waals surface area contributed by atoms with Crippen molar-refractivity contribution in [3.63, 3.8) is 0 Å². The Morgan fingerprint density at radius 3 is 2.61 bits per heavy atom. The van der Waals surface area contributed by atoms with Gasteiger partial charge in [-0.1, -0.05) is 51.4 Å². The number of benzene rings is 2. The monoisotopic (exact) mass is 340 g/mol. The minimum absolute atomic E-state index is 0.0240. The van der Waals surface area contributed by atoms with Crippen molar-refractivity contribution in [1.29, 1.82) is 5.41 Å². The van der Waals surface area contributed by atoms with Crippen molar-refractivity contribution in [3.8, 4) is 0 Å². The third-order valence-corrected chi connectivity index (χ3v) is 4.25. The Morgan fingerprint density at radius 2 is 2.00 bits per heavy atom. The molecular formula is C13H10BrClN2S. The molecule has 2 rings (SSSR count). The molecule has 0 aliphatic carbocycles. The van der Waals surface area contributed by atoms with Crippen LogP contribution in [0, 0.1) is 5.41 Å². The summed E-state index contributed by atoms with van der Waals surface area (Å²) in [6, 6.07) is 13.4. The van der Waals surface area contributed by atoms with Crippen LogP contribution in [0.2, 0.25) is 5.02 Å². The van der Waals surface area contributed by atoms with E-state index in [1.54, 1.807) is 23.9 Å². The van der Waals surface area contributed by atoms with Gasteiger partial charge in [-0.3, -0.25) is 5.41 Å². The molecule has 0 fully saturated rings. The van der Waals surface area contributed by atoms with Gasteiger partial charge in [0, 0.05) is 19.8 Å². The molecule has 92 valence electrons. The number of nitrogens with one attached hydrogen (secondary N) is 1. The topological polar surface area (TPSA) is 49.9 Å². The first-order chi connectivity index (χ1) is 8.56. The van der Waals surface area contributed by atoms with E-state index in [4.69, 9.17) is 22.7 Å². The SMILES string of the molecule is N=C(N)c1ccc(Sc2cccc(Br)c2)c(Cl)c1. The Bertz CT molecular complexity index is 601. The molecule has 18 heavy (non-hydrogen) atoms. The molecule has 0 spiro atoms. The maximum absolute atomic E-state index is 7.36. The maximum atomic E-state index is 7.36. The Kier molecular flexibility index (Phi) is 4.32. The fourth-order valence-electron chi connectivity index (χ4n) is 1.41. The Morgan fingerprint density at radius 1 is 1.22 bits per heavy atom. The third kappa shape index (κ3) is 3.28. The lowest BCUT2D eigenvalue weighted by molar-refractivity contribution is 1.37. The Labute approximate surface area is 123 Å². The molecule has 0 aromatic heterocycles. The number of hydrogen-bond donors (Lipinski definition) is 2. The molecule has 0 heterocycles. The van der Waals surface area contributed by atoms with Gasteiger partial charge in [-0.05, 0) is 30.3 Å². The van der Waals surface area contributed by atoms with Crippen LogP contribution in [0.1, 0.15) is 5.56 Å². The van der Waals surface area contributed by atoms with Gasteiger partial charge >= 0.3 is 0 Å². The number of halogens is 2. The molecular weight excluding hydrogens is 332 g/mol. The van der Waals surface area contributed by atoms with Crippen LogP contribution in [-0.4, -0.2) is 5.84 Å². The second kappa shape index (κ2) is 5.78. The molecule has 0 aliphatic heterocycles. The molecule has 5 heteroatoms. The fraction of sp³-hybridized carbons (Fsp3) is 0. The van der Waals surface area contributed by atoms with Crippen molar-refractivity contribution in [2.45, 2.75) is 9.79 Å².